The quantitative estimate of drug-likeness (QED) is 0.769. The minimum Gasteiger partial charge on any atom is -0.497 e. The summed E-state index contributed by atoms with van der Waals surface area (Å²) in [6, 6.07) is 10.2. The van der Waals surface area contributed by atoms with Gasteiger partial charge in [-0.05, 0) is 30.5 Å². The van der Waals surface area contributed by atoms with Gasteiger partial charge in [0.25, 0.3) is 0 Å². The number of methoxy groups -OCH3 is 1. The van der Waals surface area contributed by atoms with Gasteiger partial charge >= 0.3 is 0 Å². The van der Waals surface area contributed by atoms with Crippen molar-refractivity contribution in [2.75, 3.05) is 37.5 Å². The first kappa shape index (κ1) is 17.1. The van der Waals surface area contributed by atoms with Crippen LogP contribution in [-0.2, 0) is 6.42 Å². The molecule has 1 heterocycles. The van der Waals surface area contributed by atoms with E-state index in [-0.39, 0.29) is 0 Å². The monoisotopic (exact) mass is 314 g/mol. The van der Waals surface area contributed by atoms with E-state index in [2.05, 4.69) is 46.3 Å². The van der Waals surface area contributed by atoms with Crippen molar-refractivity contribution in [2.45, 2.75) is 26.2 Å². The van der Waals surface area contributed by atoms with Crippen LogP contribution in [0.25, 0.3) is 0 Å². The number of hydrogen-bond acceptors (Lipinski definition) is 5. The minimum absolute atomic E-state index is 0.835. The van der Waals surface area contributed by atoms with Crippen molar-refractivity contribution in [3.8, 4) is 5.75 Å². The Morgan fingerprint density at radius 3 is 2.65 bits per heavy atom. The van der Waals surface area contributed by atoms with Crippen molar-refractivity contribution < 1.29 is 4.74 Å². The Morgan fingerprint density at radius 1 is 1.17 bits per heavy atom. The molecule has 0 aliphatic carbocycles. The Labute approximate surface area is 138 Å². The summed E-state index contributed by atoms with van der Waals surface area (Å²) in [5, 5.41) is 3.36. The number of nitrogens with one attached hydrogen (secondary N) is 1. The summed E-state index contributed by atoms with van der Waals surface area (Å²) < 4.78 is 5.17. The van der Waals surface area contributed by atoms with Crippen molar-refractivity contribution in [3.63, 3.8) is 0 Å². The van der Waals surface area contributed by atoms with Crippen molar-refractivity contribution in [3.05, 3.63) is 42.2 Å². The van der Waals surface area contributed by atoms with Crippen LogP contribution in [0.2, 0.25) is 0 Å². The summed E-state index contributed by atoms with van der Waals surface area (Å²) in [4.78, 5) is 10.8. The Bertz CT molecular complexity index is 586. The van der Waals surface area contributed by atoms with Gasteiger partial charge in [-0.3, -0.25) is 0 Å². The highest BCUT2D eigenvalue weighted by atomic mass is 16.5. The summed E-state index contributed by atoms with van der Waals surface area (Å²) in [5.41, 5.74) is 1.27. The molecule has 1 N–H and O–H groups in total. The maximum atomic E-state index is 5.17. The molecule has 0 fully saturated rings. The molecule has 23 heavy (non-hydrogen) atoms. The molecule has 0 radical (unpaired) electrons. The number of nitrogens with zero attached hydrogens (tertiary/aromatic N) is 3. The van der Waals surface area contributed by atoms with Crippen LogP contribution >= 0.6 is 0 Å². The van der Waals surface area contributed by atoms with Crippen molar-refractivity contribution in [1.29, 1.82) is 0 Å². The normalized spacial score (nSPS) is 10.4. The van der Waals surface area contributed by atoms with Gasteiger partial charge in [0.05, 0.1) is 7.11 Å². The standard InChI is InChI=1S/C18H26N4O/c1-4-5-12-22(2)18-13-17(20-14-21-18)19-11-10-15-6-8-16(23-3)9-7-15/h6-9,13-14H,4-5,10-12H2,1-3H3,(H,19,20,21). The van der Waals surface area contributed by atoms with Gasteiger partial charge in [0.2, 0.25) is 0 Å². The van der Waals surface area contributed by atoms with Crippen LogP contribution in [0.1, 0.15) is 25.3 Å². The fourth-order valence-electron chi connectivity index (χ4n) is 2.29. The van der Waals surface area contributed by atoms with Crippen LogP contribution < -0.4 is 15.0 Å². The molecule has 2 aromatic rings. The maximum absolute atomic E-state index is 5.17. The van der Waals surface area contributed by atoms with Crippen molar-refractivity contribution >= 4 is 11.6 Å². The first-order valence-electron chi connectivity index (χ1n) is 8.13. The van der Waals surface area contributed by atoms with Crippen molar-refractivity contribution in [2.24, 2.45) is 0 Å². The van der Waals surface area contributed by atoms with Gasteiger partial charge in [-0.15, -0.1) is 0 Å². The van der Waals surface area contributed by atoms with E-state index in [1.54, 1.807) is 13.4 Å². The van der Waals surface area contributed by atoms with Crippen LogP contribution in [-0.4, -0.2) is 37.2 Å². The average Bonchev–Trinajstić information content (AvgIpc) is 2.60. The second-order valence-corrected chi connectivity index (χ2v) is 5.56. The molecule has 0 unspecified atom stereocenters. The number of ether oxygens (including phenoxy) is 1. The van der Waals surface area contributed by atoms with E-state index in [4.69, 9.17) is 4.74 Å². The molecule has 0 saturated carbocycles. The predicted molar refractivity (Wildman–Crippen MR) is 95.4 cm³/mol. The van der Waals surface area contributed by atoms with Crippen LogP contribution in [0, 0.1) is 0 Å². The van der Waals surface area contributed by atoms with Gasteiger partial charge in [-0.1, -0.05) is 25.5 Å². The lowest BCUT2D eigenvalue weighted by molar-refractivity contribution is 0.414. The summed E-state index contributed by atoms with van der Waals surface area (Å²) in [7, 11) is 3.75. The molecule has 0 bridgehead atoms. The Hall–Kier alpha value is -2.30. The molecule has 1 aromatic carbocycles. The number of rotatable bonds is 9. The van der Waals surface area contributed by atoms with E-state index in [1.165, 1.54) is 18.4 Å². The first-order valence-corrected chi connectivity index (χ1v) is 8.13. The number of anilines is 2. The van der Waals surface area contributed by atoms with Crippen LogP contribution in [0.15, 0.2) is 36.7 Å². The molecular weight excluding hydrogens is 288 g/mol. The highest BCUT2D eigenvalue weighted by Gasteiger charge is 2.04. The third-order valence-electron chi connectivity index (χ3n) is 3.77. The van der Waals surface area contributed by atoms with Crippen LogP contribution in [0.4, 0.5) is 11.6 Å². The molecule has 1 aromatic heterocycles. The number of unbranched alkanes of at least 4 members (excludes halogenated alkanes) is 1. The van der Waals surface area contributed by atoms with Gasteiger partial charge in [-0.25, -0.2) is 9.97 Å². The van der Waals surface area contributed by atoms with Gasteiger partial charge in [0.1, 0.15) is 23.7 Å². The molecule has 5 heteroatoms. The minimum atomic E-state index is 0.835. The summed E-state index contributed by atoms with van der Waals surface area (Å²) in [6.07, 6.45) is 4.91. The molecular formula is C18H26N4O. The largest absolute Gasteiger partial charge is 0.497 e. The van der Waals surface area contributed by atoms with E-state index in [0.717, 1.165) is 36.9 Å². The van der Waals surface area contributed by atoms with E-state index >= 15 is 0 Å². The molecule has 0 amide bonds. The second-order valence-electron chi connectivity index (χ2n) is 5.56. The molecule has 2 rings (SSSR count). The average molecular weight is 314 g/mol. The zero-order chi connectivity index (χ0) is 16.5. The van der Waals surface area contributed by atoms with E-state index in [0.29, 0.717) is 0 Å². The Kier molecular flexibility index (Phi) is 6.66. The smallest absolute Gasteiger partial charge is 0.133 e. The predicted octanol–water partition coefficient (Wildman–Crippen LogP) is 3.38. The SMILES string of the molecule is CCCCN(C)c1cc(NCCc2ccc(OC)cc2)ncn1. The highest BCUT2D eigenvalue weighted by molar-refractivity contribution is 5.47. The molecule has 5 nitrogen and oxygen atoms in total. The van der Waals surface area contributed by atoms with Gasteiger partial charge in [0, 0.05) is 26.2 Å². The number of hydrogen-bond donors (Lipinski definition) is 1. The zero-order valence-electron chi connectivity index (χ0n) is 14.2. The molecule has 0 atom stereocenters. The lowest BCUT2D eigenvalue weighted by Crippen LogP contribution is -2.20. The fraction of sp³-hybridized carbons (Fsp3) is 0.444. The Morgan fingerprint density at radius 2 is 1.96 bits per heavy atom. The van der Waals surface area contributed by atoms with Crippen molar-refractivity contribution in [1.82, 2.24) is 9.97 Å². The molecule has 0 aliphatic heterocycles. The molecule has 0 saturated heterocycles. The molecule has 0 spiro atoms. The highest BCUT2D eigenvalue weighted by Crippen LogP contribution is 2.14. The van der Waals surface area contributed by atoms with Gasteiger partial charge in [0.15, 0.2) is 0 Å². The lowest BCUT2D eigenvalue weighted by atomic mass is 10.1. The molecule has 124 valence electrons. The third kappa shape index (κ3) is 5.43. The lowest BCUT2D eigenvalue weighted by Gasteiger charge is -2.18. The van der Waals surface area contributed by atoms with E-state index in [9.17, 15) is 0 Å². The van der Waals surface area contributed by atoms with Gasteiger partial charge in [-0.2, -0.15) is 0 Å². The second kappa shape index (κ2) is 8.98. The topological polar surface area (TPSA) is 50.3 Å². The Balaban J connectivity index is 1.85. The van der Waals surface area contributed by atoms with E-state index < -0.39 is 0 Å². The van der Waals surface area contributed by atoms with Gasteiger partial charge < -0.3 is 15.0 Å². The third-order valence-corrected chi connectivity index (χ3v) is 3.77. The van der Waals surface area contributed by atoms with Crippen LogP contribution in [0.3, 0.4) is 0 Å². The maximum Gasteiger partial charge on any atom is 0.133 e. The van der Waals surface area contributed by atoms with Crippen LogP contribution in [0.5, 0.6) is 5.75 Å². The summed E-state index contributed by atoms with van der Waals surface area (Å²) in [6.45, 7) is 4.04. The first-order chi connectivity index (χ1) is 11.2. The van der Waals surface area contributed by atoms with E-state index in [1.807, 2.05) is 18.2 Å². The number of benzene rings is 1. The summed E-state index contributed by atoms with van der Waals surface area (Å²) >= 11 is 0. The fourth-order valence-corrected chi connectivity index (χ4v) is 2.29. The zero-order valence-corrected chi connectivity index (χ0v) is 14.2. The number of aromatic nitrogens is 2. The molecule has 0 aliphatic rings. The summed E-state index contributed by atoms with van der Waals surface area (Å²) in [5.74, 6) is 2.71.